The summed E-state index contributed by atoms with van der Waals surface area (Å²) in [6.45, 7) is 10.3. The van der Waals surface area contributed by atoms with Gasteiger partial charge in [-0.15, -0.1) is 6.58 Å². The van der Waals surface area contributed by atoms with E-state index in [-0.39, 0.29) is 19.6 Å². The fourth-order valence-corrected chi connectivity index (χ4v) is 4.48. The van der Waals surface area contributed by atoms with Crippen molar-refractivity contribution in [1.29, 1.82) is 0 Å². The van der Waals surface area contributed by atoms with Crippen LogP contribution >= 0.6 is 0 Å². The van der Waals surface area contributed by atoms with Crippen LogP contribution in [0.5, 0.6) is 0 Å². The molecule has 1 aliphatic carbocycles. The van der Waals surface area contributed by atoms with E-state index in [1.165, 1.54) is 13.0 Å². The molecule has 1 saturated carbocycles. The summed E-state index contributed by atoms with van der Waals surface area (Å²) in [5.41, 5.74) is -1.38. The highest BCUT2D eigenvalue weighted by atomic mass is 32.2. The number of benzene rings is 1. The molecule has 2 rings (SSSR count). The summed E-state index contributed by atoms with van der Waals surface area (Å²) in [5, 5.41) is 2.47. The van der Waals surface area contributed by atoms with E-state index in [9.17, 15) is 18.0 Å². The molecular formula is C22H32N2O6S. The van der Waals surface area contributed by atoms with Crippen molar-refractivity contribution in [1.82, 2.24) is 10.0 Å². The SMILES string of the molecule is C=CCC(C)(NC(=O)OC(C)(C)C)C(=O)NS(=O)(=O)C1(COCc2ccccc2)CC1. The molecule has 2 N–H and O–H groups in total. The molecule has 31 heavy (non-hydrogen) atoms. The van der Waals surface area contributed by atoms with Gasteiger partial charge in [0.1, 0.15) is 15.9 Å². The van der Waals surface area contributed by atoms with Crippen LogP contribution in [0.25, 0.3) is 0 Å². The summed E-state index contributed by atoms with van der Waals surface area (Å²) >= 11 is 0. The summed E-state index contributed by atoms with van der Waals surface area (Å²) in [6.07, 6.45) is 1.41. The molecule has 1 unspecified atom stereocenters. The molecule has 1 aromatic carbocycles. The topological polar surface area (TPSA) is 111 Å². The minimum atomic E-state index is -4.03. The molecule has 0 heterocycles. The lowest BCUT2D eigenvalue weighted by atomic mass is 9.97. The van der Waals surface area contributed by atoms with Crippen LogP contribution in [0.15, 0.2) is 43.0 Å². The Kier molecular flexibility index (Phi) is 7.54. The highest BCUT2D eigenvalue weighted by Crippen LogP contribution is 2.43. The van der Waals surface area contributed by atoms with Gasteiger partial charge >= 0.3 is 6.09 Å². The average molecular weight is 453 g/mol. The van der Waals surface area contributed by atoms with Gasteiger partial charge in [-0.1, -0.05) is 36.4 Å². The molecule has 8 nitrogen and oxygen atoms in total. The van der Waals surface area contributed by atoms with E-state index in [4.69, 9.17) is 9.47 Å². The Morgan fingerprint density at radius 3 is 2.29 bits per heavy atom. The number of amides is 2. The Morgan fingerprint density at radius 1 is 1.16 bits per heavy atom. The van der Waals surface area contributed by atoms with Crippen LogP contribution in [-0.4, -0.2) is 42.9 Å². The second-order valence-corrected chi connectivity index (χ2v) is 11.1. The molecule has 172 valence electrons. The van der Waals surface area contributed by atoms with Gasteiger partial charge in [-0.2, -0.15) is 0 Å². The lowest BCUT2D eigenvalue weighted by Gasteiger charge is -2.30. The molecule has 0 spiro atoms. The fraction of sp³-hybridized carbons (Fsp3) is 0.545. The first-order chi connectivity index (χ1) is 14.3. The smallest absolute Gasteiger partial charge is 0.408 e. The molecule has 2 amide bonds. The summed E-state index contributed by atoms with van der Waals surface area (Å²) < 4.78 is 37.7. The van der Waals surface area contributed by atoms with Crippen molar-refractivity contribution in [3.63, 3.8) is 0 Å². The summed E-state index contributed by atoms with van der Waals surface area (Å²) in [6, 6.07) is 9.41. The van der Waals surface area contributed by atoms with Crippen molar-refractivity contribution < 1.29 is 27.5 Å². The number of nitrogens with one attached hydrogen (secondary N) is 2. The molecule has 1 atom stereocenters. The van der Waals surface area contributed by atoms with Crippen LogP contribution < -0.4 is 10.0 Å². The van der Waals surface area contributed by atoms with Gasteiger partial charge < -0.3 is 14.8 Å². The third-order valence-corrected chi connectivity index (χ3v) is 7.03. The van der Waals surface area contributed by atoms with Gasteiger partial charge in [-0.05, 0) is 52.5 Å². The summed E-state index contributed by atoms with van der Waals surface area (Å²) in [7, 11) is -4.03. The molecule has 0 radical (unpaired) electrons. The van der Waals surface area contributed by atoms with E-state index < -0.39 is 37.9 Å². The maximum atomic E-state index is 13.0. The standard InChI is InChI=1S/C22H32N2O6S/c1-6-12-21(5,23-19(26)30-20(2,3)4)18(25)24-31(27,28)22(13-14-22)16-29-15-17-10-8-7-9-11-17/h6-11H,1,12-16H2,2-5H3,(H,23,26)(H,24,25). The molecule has 1 aromatic rings. The van der Waals surface area contributed by atoms with Gasteiger partial charge in [0.05, 0.1) is 13.2 Å². The number of hydrogen-bond acceptors (Lipinski definition) is 6. The number of carbonyl (C=O) groups excluding carboxylic acids is 2. The van der Waals surface area contributed by atoms with Crippen molar-refractivity contribution in [2.75, 3.05) is 6.61 Å². The van der Waals surface area contributed by atoms with E-state index in [2.05, 4.69) is 16.6 Å². The predicted octanol–water partition coefficient (Wildman–Crippen LogP) is 3.04. The molecule has 1 aliphatic rings. The molecular weight excluding hydrogens is 420 g/mol. The van der Waals surface area contributed by atoms with Gasteiger partial charge in [0.25, 0.3) is 5.91 Å². The van der Waals surface area contributed by atoms with Gasteiger partial charge in [0, 0.05) is 0 Å². The molecule has 0 aromatic heterocycles. The quantitative estimate of drug-likeness (QED) is 0.528. The van der Waals surface area contributed by atoms with E-state index >= 15 is 0 Å². The lowest BCUT2D eigenvalue weighted by molar-refractivity contribution is -0.125. The highest BCUT2D eigenvalue weighted by Gasteiger charge is 2.56. The molecule has 0 aliphatic heterocycles. The number of alkyl carbamates (subject to hydrolysis) is 1. The van der Waals surface area contributed by atoms with Crippen LogP contribution in [-0.2, 0) is 30.9 Å². The number of rotatable bonds is 10. The minimum Gasteiger partial charge on any atom is -0.444 e. The maximum absolute atomic E-state index is 13.0. The zero-order valence-corrected chi connectivity index (χ0v) is 19.4. The van der Waals surface area contributed by atoms with Crippen molar-refractivity contribution in [2.24, 2.45) is 0 Å². The Morgan fingerprint density at radius 2 is 1.77 bits per heavy atom. The van der Waals surface area contributed by atoms with Crippen LogP contribution in [0.2, 0.25) is 0 Å². The molecule has 0 saturated heterocycles. The van der Waals surface area contributed by atoms with Crippen molar-refractivity contribution >= 4 is 22.0 Å². The number of carbonyl (C=O) groups is 2. The van der Waals surface area contributed by atoms with E-state index in [0.717, 1.165) is 5.56 Å². The van der Waals surface area contributed by atoms with E-state index in [0.29, 0.717) is 12.8 Å². The largest absolute Gasteiger partial charge is 0.444 e. The van der Waals surface area contributed by atoms with Crippen molar-refractivity contribution in [3.8, 4) is 0 Å². The minimum absolute atomic E-state index is 0.0190. The third-order valence-electron chi connectivity index (χ3n) is 4.91. The Balaban J connectivity index is 2.04. The first-order valence-corrected chi connectivity index (χ1v) is 11.6. The number of sulfonamides is 1. The van der Waals surface area contributed by atoms with Crippen molar-refractivity contribution in [3.05, 3.63) is 48.6 Å². The Bertz CT molecular complexity index is 904. The normalized spacial score (nSPS) is 17.2. The zero-order valence-electron chi connectivity index (χ0n) is 18.6. The molecule has 9 heteroatoms. The second-order valence-electron chi connectivity index (χ2n) is 9.05. The molecule has 1 fully saturated rings. The van der Waals surface area contributed by atoms with Crippen LogP contribution in [0.1, 0.15) is 52.5 Å². The lowest BCUT2D eigenvalue weighted by Crippen LogP contribution is -2.59. The monoisotopic (exact) mass is 452 g/mol. The fourth-order valence-electron chi connectivity index (χ4n) is 2.92. The van der Waals surface area contributed by atoms with E-state index in [1.54, 1.807) is 20.8 Å². The van der Waals surface area contributed by atoms with Crippen LogP contribution in [0, 0.1) is 0 Å². The average Bonchev–Trinajstić information content (AvgIpc) is 3.42. The van der Waals surface area contributed by atoms with Crippen LogP contribution in [0.3, 0.4) is 0 Å². The third kappa shape index (κ3) is 6.80. The maximum Gasteiger partial charge on any atom is 0.408 e. The number of ether oxygens (including phenoxy) is 2. The highest BCUT2D eigenvalue weighted by molar-refractivity contribution is 7.91. The zero-order chi connectivity index (χ0) is 23.3. The first-order valence-electron chi connectivity index (χ1n) is 10.1. The number of hydrogen-bond donors (Lipinski definition) is 2. The Labute approximate surface area is 184 Å². The van der Waals surface area contributed by atoms with Crippen molar-refractivity contribution in [2.45, 2.75) is 69.5 Å². The van der Waals surface area contributed by atoms with Gasteiger partial charge in [0.2, 0.25) is 10.0 Å². The second kappa shape index (κ2) is 9.40. The van der Waals surface area contributed by atoms with Gasteiger partial charge in [0.15, 0.2) is 0 Å². The van der Waals surface area contributed by atoms with Gasteiger partial charge in [-0.3, -0.25) is 9.52 Å². The Hall–Kier alpha value is -2.39. The predicted molar refractivity (Wildman–Crippen MR) is 118 cm³/mol. The van der Waals surface area contributed by atoms with Crippen LogP contribution in [0.4, 0.5) is 4.79 Å². The first kappa shape index (κ1) is 24.9. The summed E-state index contributed by atoms with van der Waals surface area (Å²) in [5.74, 6) is -0.854. The summed E-state index contributed by atoms with van der Waals surface area (Å²) in [4.78, 5) is 25.1. The molecule has 0 bridgehead atoms. The van der Waals surface area contributed by atoms with E-state index in [1.807, 2.05) is 30.3 Å². The van der Waals surface area contributed by atoms with Gasteiger partial charge in [-0.25, -0.2) is 13.2 Å².